The van der Waals surface area contributed by atoms with Gasteiger partial charge in [0, 0.05) is 18.4 Å². The number of aliphatic hydroxyl groups excluding tert-OH is 2. The van der Waals surface area contributed by atoms with Crippen LogP contribution in [0.3, 0.4) is 0 Å². The molecule has 3 heterocycles. The van der Waals surface area contributed by atoms with E-state index in [1.807, 2.05) is 4.72 Å². The number of aliphatic hydroxyl groups is 2. The van der Waals surface area contributed by atoms with Gasteiger partial charge in [-0.05, 0) is 30.7 Å². The van der Waals surface area contributed by atoms with Crippen molar-refractivity contribution in [3.8, 4) is 0 Å². The van der Waals surface area contributed by atoms with Crippen LogP contribution in [0, 0.1) is 6.92 Å². The zero-order chi connectivity index (χ0) is 23.9. The Morgan fingerprint density at radius 3 is 2.67 bits per heavy atom. The van der Waals surface area contributed by atoms with Gasteiger partial charge >= 0.3 is 10.2 Å². The molecule has 13 nitrogen and oxygen atoms in total. The highest BCUT2D eigenvalue weighted by Gasteiger charge is 2.44. The van der Waals surface area contributed by atoms with Crippen LogP contribution in [0.5, 0.6) is 0 Å². The normalized spacial score (nSPS) is 23.1. The van der Waals surface area contributed by atoms with Gasteiger partial charge < -0.3 is 26.4 Å². The Labute approximate surface area is 188 Å². The highest BCUT2D eigenvalue weighted by atomic mass is 32.2. The standard InChI is InChI=1S/C19H23N7O6S/c1-9-2-3-10(12(21)6-9)18(29)25-33(30,31)24-7-13-15(27)16(28)19(32-13)26-8-23-14-11(20)4-5-22-17(14)26/h2-6,8,13,15-16,19,24,27-28H,7,21H2,1H3,(H2,20,22)(H,25,29)/t13-,15-,16-,19-/m1/s1. The number of pyridine rings is 1. The van der Waals surface area contributed by atoms with E-state index < -0.39 is 47.2 Å². The fourth-order valence-electron chi connectivity index (χ4n) is 3.56. The molecule has 4 atom stereocenters. The second-order valence-electron chi connectivity index (χ2n) is 7.64. The van der Waals surface area contributed by atoms with Crippen molar-refractivity contribution in [3.05, 3.63) is 47.9 Å². The zero-order valence-corrected chi connectivity index (χ0v) is 18.2. The quantitative estimate of drug-likeness (QED) is 0.233. The SMILES string of the molecule is Cc1ccc(C(=O)NS(=O)(=O)NC[C@H]2O[C@@H](n3cnc4c(N)ccnc43)[C@H](O)[C@@H]2O)c(N)c1. The van der Waals surface area contributed by atoms with E-state index in [-0.39, 0.29) is 11.3 Å². The number of fused-ring (bicyclic) bond motifs is 1. The molecule has 1 aromatic carbocycles. The number of imidazole rings is 1. The van der Waals surface area contributed by atoms with Crippen LogP contribution < -0.4 is 20.9 Å². The van der Waals surface area contributed by atoms with Crippen LogP contribution in [0.15, 0.2) is 36.8 Å². The number of hydrogen-bond acceptors (Lipinski definition) is 10. The number of hydrogen-bond donors (Lipinski definition) is 6. The van der Waals surface area contributed by atoms with Crippen LogP contribution in [0.25, 0.3) is 11.2 Å². The summed E-state index contributed by atoms with van der Waals surface area (Å²) in [5.74, 6) is -0.917. The molecule has 0 bridgehead atoms. The number of rotatable bonds is 6. The maximum absolute atomic E-state index is 12.3. The van der Waals surface area contributed by atoms with E-state index in [4.69, 9.17) is 16.2 Å². The number of nitrogens with one attached hydrogen (secondary N) is 2. The minimum absolute atomic E-state index is 0.00243. The van der Waals surface area contributed by atoms with Crippen molar-refractivity contribution in [1.82, 2.24) is 24.0 Å². The minimum Gasteiger partial charge on any atom is -0.398 e. The predicted molar refractivity (Wildman–Crippen MR) is 118 cm³/mol. The van der Waals surface area contributed by atoms with Crippen molar-refractivity contribution < 1.29 is 28.2 Å². The van der Waals surface area contributed by atoms with Gasteiger partial charge in [0.2, 0.25) is 0 Å². The summed E-state index contributed by atoms with van der Waals surface area (Å²) >= 11 is 0. The molecule has 14 heteroatoms. The Kier molecular flexibility index (Phi) is 5.94. The van der Waals surface area contributed by atoms with Crippen LogP contribution >= 0.6 is 0 Å². The minimum atomic E-state index is -4.32. The smallest absolute Gasteiger partial charge is 0.301 e. The highest BCUT2D eigenvalue weighted by Crippen LogP contribution is 2.32. The molecule has 2 aromatic heterocycles. The maximum Gasteiger partial charge on any atom is 0.301 e. The van der Waals surface area contributed by atoms with Crippen LogP contribution in [-0.2, 0) is 14.9 Å². The predicted octanol–water partition coefficient (Wildman–Crippen LogP) is -1.21. The van der Waals surface area contributed by atoms with Crippen molar-refractivity contribution >= 4 is 38.7 Å². The molecule has 0 radical (unpaired) electrons. The molecule has 33 heavy (non-hydrogen) atoms. The van der Waals surface area contributed by atoms with Crippen molar-refractivity contribution in [1.29, 1.82) is 0 Å². The lowest BCUT2D eigenvalue weighted by molar-refractivity contribution is -0.0330. The van der Waals surface area contributed by atoms with E-state index in [1.54, 1.807) is 25.1 Å². The number of nitrogens with two attached hydrogens (primary N) is 2. The zero-order valence-electron chi connectivity index (χ0n) is 17.4. The molecule has 1 aliphatic heterocycles. The van der Waals surface area contributed by atoms with Gasteiger partial charge in [-0.2, -0.15) is 13.1 Å². The molecule has 176 valence electrons. The highest BCUT2D eigenvalue weighted by molar-refractivity contribution is 7.88. The van der Waals surface area contributed by atoms with E-state index in [0.29, 0.717) is 16.9 Å². The van der Waals surface area contributed by atoms with Gasteiger partial charge in [-0.1, -0.05) is 6.07 Å². The number of carbonyl (C=O) groups excluding carboxylic acids is 1. The number of nitrogen functional groups attached to an aromatic ring is 2. The molecular formula is C19H23N7O6S. The fourth-order valence-corrected chi connectivity index (χ4v) is 4.37. The molecule has 4 rings (SSSR count). The number of carbonyl (C=O) groups is 1. The Hall–Kier alpha value is -3.30. The molecule has 1 fully saturated rings. The van der Waals surface area contributed by atoms with Gasteiger partial charge in [-0.25, -0.2) is 14.7 Å². The first kappa shape index (κ1) is 22.9. The van der Waals surface area contributed by atoms with Gasteiger partial charge in [0.05, 0.1) is 17.6 Å². The van der Waals surface area contributed by atoms with Crippen molar-refractivity contribution in [2.75, 3.05) is 18.0 Å². The number of nitrogens with zero attached hydrogens (tertiary/aromatic N) is 3. The van der Waals surface area contributed by atoms with E-state index in [2.05, 4.69) is 14.7 Å². The number of ether oxygens (including phenoxy) is 1. The van der Waals surface area contributed by atoms with E-state index in [1.165, 1.54) is 23.2 Å². The first-order valence-electron chi connectivity index (χ1n) is 9.84. The summed E-state index contributed by atoms with van der Waals surface area (Å²) < 4.78 is 35.7. The average Bonchev–Trinajstić information content (AvgIpc) is 3.29. The third kappa shape index (κ3) is 4.46. The molecule has 0 spiro atoms. The van der Waals surface area contributed by atoms with Crippen LogP contribution in [0.4, 0.5) is 11.4 Å². The summed E-state index contributed by atoms with van der Waals surface area (Å²) in [6.45, 7) is 1.35. The third-order valence-electron chi connectivity index (χ3n) is 5.26. The van der Waals surface area contributed by atoms with E-state index in [9.17, 15) is 23.4 Å². The lowest BCUT2D eigenvalue weighted by atomic mass is 10.1. The molecule has 8 N–H and O–H groups in total. The Morgan fingerprint density at radius 2 is 1.94 bits per heavy atom. The van der Waals surface area contributed by atoms with Crippen molar-refractivity contribution in [2.45, 2.75) is 31.5 Å². The monoisotopic (exact) mass is 477 g/mol. The van der Waals surface area contributed by atoms with Crippen molar-refractivity contribution in [3.63, 3.8) is 0 Å². The Morgan fingerprint density at radius 1 is 1.18 bits per heavy atom. The van der Waals surface area contributed by atoms with E-state index in [0.717, 1.165) is 5.56 Å². The number of amides is 1. The lowest BCUT2D eigenvalue weighted by Gasteiger charge is -2.17. The average molecular weight is 478 g/mol. The third-order valence-corrected chi connectivity index (χ3v) is 6.26. The molecule has 1 amide bonds. The largest absolute Gasteiger partial charge is 0.398 e. The second kappa shape index (κ2) is 8.57. The second-order valence-corrected chi connectivity index (χ2v) is 9.14. The van der Waals surface area contributed by atoms with Crippen molar-refractivity contribution in [2.24, 2.45) is 0 Å². The van der Waals surface area contributed by atoms with Gasteiger partial charge in [-0.15, -0.1) is 0 Å². The first-order valence-corrected chi connectivity index (χ1v) is 11.3. The molecule has 0 unspecified atom stereocenters. The summed E-state index contributed by atoms with van der Waals surface area (Å²) in [7, 11) is -4.32. The number of benzene rings is 1. The number of anilines is 2. The first-order chi connectivity index (χ1) is 15.6. The Balaban J connectivity index is 1.43. The topological polar surface area (TPSA) is 208 Å². The molecule has 3 aromatic rings. The summed E-state index contributed by atoms with van der Waals surface area (Å²) in [6.07, 6.45) is -2.23. The van der Waals surface area contributed by atoms with Crippen LogP contribution in [-0.4, -0.2) is 63.9 Å². The maximum atomic E-state index is 12.3. The summed E-state index contributed by atoms with van der Waals surface area (Å²) in [4.78, 5) is 20.6. The summed E-state index contributed by atoms with van der Waals surface area (Å²) in [5, 5.41) is 20.8. The molecule has 1 aliphatic rings. The van der Waals surface area contributed by atoms with Gasteiger partial charge in [0.15, 0.2) is 11.9 Å². The molecular weight excluding hydrogens is 454 g/mol. The summed E-state index contributed by atoms with van der Waals surface area (Å²) in [6, 6.07) is 6.15. The van der Waals surface area contributed by atoms with Gasteiger partial charge in [0.1, 0.15) is 23.8 Å². The number of aromatic nitrogens is 3. The summed E-state index contributed by atoms with van der Waals surface area (Å²) in [5.41, 5.74) is 13.7. The number of aryl methyl sites for hydroxylation is 1. The molecule has 1 saturated heterocycles. The van der Waals surface area contributed by atoms with Crippen LogP contribution in [0.2, 0.25) is 0 Å². The fraction of sp³-hybridized carbons (Fsp3) is 0.316. The van der Waals surface area contributed by atoms with Crippen LogP contribution in [0.1, 0.15) is 22.1 Å². The van der Waals surface area contributed by atoms with Gasteiger partial charge in [-0.3, -0.25) is 9.36 Å². The molecule has 0 aliphatic carbocycles. The lowest BCUT2D eigenvalue weighted by Crippen LogP contribution is -2.45. The van der Waals surface area contributed by atoms with E-state index >= 15 is 0 Å². The molecule has 0 saturated carbocycles. The van der Waals surface area contributed by atoms with Gasteiger partial charge in [0.25, 0.3) is 5.91 Å². The Bertz CT molecular complexity index is 1310.